The van der Waals surface area contributed by atoms with Crippen LogP contribution in [0.2, 0.25) is 0 Å². The van der Waals surface area contributed by atoms with E-state index in [0.29, 0.717) is 5.41 Å². The number of hydrogen-bond donors (Lipinski definition) is 0. The highest BCUT2D eigenvalue weighted by molar-refractivity contribution is 5.34. The predicted molar refractivity (Wildman–Crippen MR) is 63.0 cm³/mol. The Bertz CT molecular complexity index is 344. The molecule has 1 spiro atoms. The highest BCUT2D eigenvalue weighted by atomic mass is 15.1. The van der Waals surface area contributed by atoms with Crippen molar-refractivity contribution >= 4 is 0 Å². The fourth-order valence-electron chi connectivity index (χ4n) is 3.52. The van der Waals surface area contributed by atoms with Crippen LogP contribution >= 0.6 is 0 Å². The van der Waals surface area contributed by atoms with Gasteiger partial charge in [0.2, 0.25) is 0 Å². The van der Waals surface area contributed by atoms with Crippen molar-refractivity contribution in [2.75, 3.05) is 20.1 Å². The van der Waals surface area contributed by atoms with Gasteiger partial charge in [-0.3, -0.25) is 0 Å². The molecule has 1 heteroatoms. The van der Waals surface area contributed by atoms with Crippen LogP contribution in [0.5, 0.6) is 0 Å². The molecule has 1 saturated heterocycles. The first-order chi connectivity index (χ1) is 7.27. The van der Waals surface area contributed by atoms with Crippen molar-refractivity contribution in [3.63, 3.8) is 0 Å². The molecule has 1 heterocycles. The number of benzene rings is 1. The van der Waals surface area contributed by atoms with Gasteiger partial charge in [0, 0.05) is 6.54 Å². The predicted octanol–water partition coefficient (Wildman–Crippen LogP) is 2.50. The van der Waals surface area contributed by atoms with Gasteiger partial charge in [-0.2, -0.15) is 0 Å². The zero-order valence-corrected chi connectivity index (χ0v) is 9.50. The fourth-order valence-corrected chi connectivity index (χ4v) is 3.52. The monoisotopic (exact) mass is 201 g/mol. The van der Waals surface area contributed by atoms with Crippen LogP contribution in [-0.4, -0.2) is 25.0 Å². The van der Waals surface area contributed by atoms with Crippen LogP contribution < -0.4 is 0 Å². The van der Waals surface area contributed by atoms with Crippen molar-refractivity contribution in [1.82, 2.24) is 4.90 Å². The summed E-state index contributed by atoms with van der Waals surface area (Å²) in [6.45, 7) is 2.58. The maximum Gasteiger partial charge on any atom is 0.00413 e. The molecule has 0 N–H and O–H groups in total. The van der Waals surface area contributed by atoms with Gasteiger partial charge in [0.25, 0.3) is 0 Å². The third-order valence-electron chi connectivity index (χ3n) is 4.10. The fraction of sp³-hybridized carbons (Fsp3) is 0.571. The molecule has 0 bridgehead atoms. The number of hydrogen-bond acceptors (Lipinski definition) is 1. The lowest BCUT2D eigenvalue weighted by atomic mass is 9.77. The molecular weight excluding hydrogens is 182 g/mol. The molecule has 1 nitrogen and oxygen atoms in total. The molecule has 1 aliphatic carbocycles. The number of fused-ring (bicyclic) bond motifs is 1. The Hall–Kier alpha value is -0.820. The van der Waals surface area contributed by atoms with Crippen LogP contribution in [0, 0.1) is 5.41 Å². The van der Waals surface area contributed by atoms with E-state index in [1.165, 1.54) is 38.8 Å². The molecule has 0 radical (unpaired) electrons. The Balaban J connectivity index is 1.87. The minimum absolute atomic E-state index is 0.580. The van der Waals surface area contributed by atoms with Crippen molar-refractivity contribution in [3.05, 3.63) is 35.4 Å². The Labute approximate surface area is 92.1 Å². The topological polar surface area (TPSA) is 3.24 Å². The average molecular weight is 201 g/mol. The van der Waals surface area contributed by atoms with Crippen molar-refractivity contribution < 1.29 is 0 Å². The van der Waals surface area contributed by atoms with Gasteiger partial charge >= 0.3 is 0 Å². The normalized spacial score (nSPS) is 24.3. The van der Waals surface area contributed by atoms with Gasteiger partial charge in [0.1, 0.15) is 0 Å². The van der Waals surface area contributed by atoms with E-state index >= 15 is 0 Å². The minimum atomic E-state index is 0.580. The molecule has 1 aromatic carbocycles. The van der Waals surface area contributed by atoms with E-state index in [-0.39, 0.29) is 0 Å². The third kappa shape index (κ3) is 1.59. The maximum atomic E-state index is 2.51. The molecule has 0 unspecified atom stereocenters. The largest absolute Gasteiger partial charge is 0.306 e. The summed E-state index contributed by atoms with van der Waals surface area (Å²) in [7, 11) is 2.27. The molecule has 1 fully saturated rings. The van der Waals surface area contributed by atoms with Gasteiger partial charge in [-0.05, 0) is 55.8 Å². The second-order valence-corrected chi connectivity index (χ2v) is 5.46. The van der Waals surface area contributed by atoms with Crippen LogP contribution in [0.3, 0.4) is 0 Å². The first-order valence-corrected chi connectivity index (χ1v) is 6.03. The highest BCUT2D eigenvalue weighted by Crippen LogP contribution is 2.42. The van der Waals surface area contributed by atoms with E-state index < -0.39 is 0 Å². The number of rotatable bonds is 0. The van der Waals surface area contributed by atoms with Gasteiger partial charge in [-0.1, -0.05) is 24.3 Å². The summed E-state index contributed by atoms with van der Waals surface area (Å²) in [5.74, 6) is 0. The third-order valence-corrected chi connectivity index (χ3v) is 4.10. The number of piperidine rings is 1. The molecule has 0 amide bonds. The molecule has 15 heavy (non-hydrogen) atoms. The summed E-state index contributed by atoms with van der Waals surface area (Å²) in [4.78, 5) is 2.51. The quantitative estimate of drug-likeness (QED) is 0.623. The van der Waals surface area contributed by atoms with Crippen LogP contribution in [0.15, 0.2) is 24.3 Å². The van der Waals surface area contributed by atoms with E-state index in [9.17, 15) is 0 Å². The Morgan fingerprint density at radius 3 is 2.40 bits per heavy atom. The standard InChI is InChI=1S/C14H19N/c1-15-8-4-7-14(11-15)9-12-5-2-3-6-13(12)10-14/h2-3,5-6H,4,7-11H2,1H3. The Morgan fingerprint density at radius 1 is 1.13 bits per heavy atom. The average Bonchev–Trinajstić information content (AvgIpc) is 2.54. The molecule has 0 saturated carbocycles. The summed E-state index contributed by atoms with van der Waals surface area (Å²) in [6, 6.07) is 9.01. The molecule has 80 valence electrons. The molecule has 0 atom stereocenters. The minimum Gasteiger partial charge on any atom is -0.306 e. The second kappa shape index (κ2) is 3.34. The molecule has 3 rings (SSSR count). The van der Waals surface area contributed by atoms with E-state index in [1.807, 2.05) is 0 Å². The van der Waals surface area contributed by atoms with E-state index in [0.717, 1.165) is 0 Å². The lowest BCUT2D eigenvalue weighted by molar-refractivity contribution is 0.118. The zero-order valence-electron chi connectivity index (χ0n) is 9.50. The second-order valence-electron chi connectivity index (χ2n) is 5.46. The lowest BCUT2D eigenvalue weighted by Crippen LogP contribution is -2.41. The summed E-state index contributed by atoms with van der Waals surface area (Å²) in [5.41, 5.74) is 3.79. The molecule has 1 aliphatic heterocycles. The molecule has 1 aromatic rings. The van der Waals surface area contributed by atoms with Crippen molar-refractivity contribution in [2.24, 2.45) is 5.41 Å². The summed E-state index contributed by atoms with van der Waals surface area (Å²) < 4.78 is 0. The maximum absolute atomic E-state index is 2.51. The summed E-state index contributed by atoms with van der Waals surface area (Å²) in [6.07, 6.45) is 5.43. The molecular formula is C14H19N. The highest BCUT2D eigenvalue weighted by Gasteiger charge is 2.39. The van der Waals surface area contributed by atoms with Crippen molar-refractivity contribution in [2.45, 2.75) is 25.7 Å². The SMILES string of the molecule is CN1CCCC2(Cc3ccccc3C2)C1. The number of likely N-dealkylation sites (tertiary alicyclic amines) is 1. The van der Waals surface area contributed by atoms with E-state index in [1.54, 1.807) is 11.1 Å². The Kier molecular flexibility index (Phi) is 2.10. The summed E-state index contributed by atoms with van der Waals surface area (Å²) in [5, 5.41) is 0. The summed E-state index contributed by atoms with van der Waals surface area (Å²) >= 11 is 0. The van der Waals surface area contributed by atoms with E-state index in [4.69, 9.17) is 0 Å². The van der Waals surface area contributed by atoms with Gasteiger partial charge in [0.15, 0.2) is 0 Å². The molecule has 0 aromatic heterocycles. The first kappa shape index (κ1) is 9.41. The van der Waals surface area contributed by atoms with Crippen LogP contribution in [0.25, 0.3) is 0 Å². The van der Waals surface area contributed by atoms with Crippen LogP contribution in [-0.2, 0) is 12.8 Å². The number of nitrogens with zero attached hydrogens (tertiary/aromatic N) is 1. The van der Waals surface area contributed by atoms with Gasteiger partial charge in [0.05, 0.1) is 0 Å². The zero-order chi connectivity index (χ0) is 10.3. The van der Waals surface area contributed by atoms with Crippen LogP contribution in [0.4, 0.5) is 0 Å². The van der Waals surface area contributed by atoms with Crippen LogP contribution in [0.1, 0.15) is 24.0 Å². The van der Waals surface area contributed by atoms with Gasteiger partial charge in [-0.15, -0.1) is 0 Å². The van der Waals surface area contributed by atoms with Crippen molar-refractivity contribution in [3.8, 4) is 0 Å². The van der Waals surface area contributed by atoms with Gasteiger partial charge < -0.3 is 4.90 Å². The Morgan fingerprint density at radius 2 is 1.80 bits per heavy atom. The van der Waals surface area contributed by atoms with E-state index in [2.05, 4.69) is 36.2 Å². The molecule has 2 aliphatic rings. The first-order valence-electron chi connectivity index (χ1n) is 6.03. The lowest BCUT2D eigenvalue weighted by Gasteiger charge is -2.38. The van der Waals surface area contributed by atoms with Crippen molar-refractivity contribution in [1.29, 1.82) is 0 Å². The smallest absolute Gasteiger partial charge is 0.00413 e. The van der Waals surface area contributed by atoms with Gasteiger partial charge in [-0.25, -0.2) is 0 Å².